The van der Waals surface area contributed by atoms with Crippen LogP contribution >= 0.6 is 0 Å². The molecular weight excluding hydrogens is 367 g/mol. The van der Waals surface area contributed by atoms with Crippen LogP contribution in [0.25, 0.3) is 0 Å². The Morgan fingerprint density at radius 3 is 2.48 bits per heavy atom. The summed E-state index contributed by atoms with van der Waals surface area (Å²) in [7, 11) is 0. The Balaban J connectivity index is 1.42. The molecule has 1 N–H and O–H groups in total. The standard InChI is InChI=1S/C23H23FN4O/c1-17-4-2-7-21(14-17)27-10-12-28(13-11-27)22-15-18(8-9-25-22)23(29)26-20-6-3-5-19(24)16-20/h2-9,14-16H,10-13H2,1H3,(H,26,29). The zero-order valence-corrected chi connectivity index (χ0v) is 16.3. The summed E-state index contributed by atoms with van der Waals surface area (Å²) in [4.78, 5) is 21.5. The molecule has 1 aromatic heterocycles. The van der Waals surface area contributed by atoms with E-state index in [4.69, 9.17) is 0 Å². The van der Waals surface area contributed by atoms with Crippen molar-refractivity contribution >= 4 is 23.1 Å². The fraction of sp³-hybridized carbons (Fsp3) is 0.217. The molecule has 5 nitrogen and oxygen atoms in total. The van der Waals surface area contributed by atoms with E-state index in [0.29, 0.717) is 11.3 Å². The van der Waals surface area contributed by atoms with Gasteiger partial charge in [0.15, 0.2) is 0 Å². The van der Waals surface area contributed by atoms with Crippen molar-refractivity contribution in [1.29, 1.82) is 0 Å². The van der Waals surface area contributed by atoms with E-state index < -0.39 is 0 Å². The largest absolute Gasteiger partial charge is 0.368 e. The molecule has 1 aliphatic heterocycles. The number of amides is 1. The van der Waals surface area contributed by atoms with Gasteiger partial charge in [0.1, 0.15) is 11.6 Å². The van der Waals surface area contributed by atoms with Crippen LogP contribution in [0.4, 0.5) is 21.6 Å². The molecule has 6 heteroatoms. The molecule has 1 saturated heterocycles. The summed E-state index contributed by atoms with van der Waals surface area (Å²) in [6, 6.07) is 17.8. The fourth-order valence-electron chi connectivity index (χ4n) is 3.52. The van der Waals surface area contributed by atoms with Gasteiger partial charge in [0.05, 0.1) is 0 Å². The molecule has 0 saturated carbocycles. The zero-order valence-electron chi connectivity index (χ0n) is 16.3. The van der Waals surface area contributed by atoms with Crippen LogP contribution < -0.4 is 15.1 Å². The number of carbonyl (C=O) groups is 1. The number of benzene rings is 2. The van der Waals surface area contributed by atoms with Crippen molar-refractivity contribution in [3.8, 4) is 0 Å². The maximum atomic E-state index is 13.3. The first-order valence-corrected chi connectivity index (χ1v) is 9.68. The van der Waals surface area contributed by atoms with Crippen LogP contribution in [-0.4, -0.2) is 37.1 Å². The van der Waals surface area contributed by atoms with E-state index in [1.54, 1.807) is 30.5 Å². The topological polar surface area (TPSA) is 48.5 Å². The van der Waals surface area contributed by atoms with Crippen molar-refractivity contribution in [1.82, 2.24) is 4.98 Å². The highest BCUT2D eigenvalue weighted by Gasteiger charge is 2.19. The summed E-state index contributed by atoms with van der Waals surface area (Å²) < 4.78 is 13.3. The van der Waals surface area contributed by atoms with Gasteiger partial charge in [-0.05, 0) is 55.0 Å². The monoisotopic (exact) mass is 390 g/mol. The van der Waals surface area contributed by atoms with Gasteiger partial charge in [-0.1, -0.05) is 18.2 Å². The van der Waals surface area contributed by atoms with E-state index in [0.717, 1.165) is 32.0 Å². The Hall–Kier alpha value is -3.41. The van der Waals surface area contributed by atoms with E-state index in [1.807, 2.05) is 0 Å². The van der Waals surface area contributed by atoms with Crippen molar-refractivity contribution in [3.05, 3.63) is 83.8 Å². The molecule has 0 radical (unpaired) electrons. The van der Waals surface area contributed by atoms with Crippen LogP contribution in [0.2, 0.25) is 0 Å². The minimum Gasteiger partial charge on any atom is -0.368 e. The lowest BCUT2D eigenvalue weighted by molar-refractivity contribution is 0.102. The quantitative estimate of drug-likeness (QED) is 0.728. The lowest BCUT2D eigenvalue weighted by atomic mass is 10.2. The van der Waals surface area contributed by atoms with E-state index >= 15 is 0 Å². The zero-order chi connectivity index (χ0) is 20.2. The summed E-state index contributed by atoms with van der Waals surface area (Å²) in [5.41, 5.74) is 3.42. The Bertz CT molecular complexity index is 1020. The second-order valence-electron chi connectivity index (χ2n) is 7.18. The van der Waals surface area contributed by atoms with Gasteiger partial charge < -0.3 is 15.1 Å². The Kier molecular flexibility index (Phi) is 5.42. The SMILES string of the molecule is Cc1cccc(N2CCN(c3cc(C(=O)Nc4cccc(F)c4)ccn3)CC2)c1. The summed E-state index contributed by atoms with van der Waals surface area (Å²) >= 11 is 0. The average Bonchev–Trinajstić information content (AvgIpc) is 2.74. The molecule has 0 bridgehead atoms. The number of anilines is 3. The highest BCUT2D eigenvalue weighted by Crippen LogP contribution is 2.21. The molecule has 1 amide bonds. The number of halogens is 1. The van der Waals surface area contributed by atoms with Crippen LogP contribution in [-0.2, 0) is 0 Å². The van der Waals surface area contributed by atoms with Gasteiger partial charge >= 0.3 is 0 Å². The third kappa shape index (κ3) is 4.54. The smallest absolute Gasteiger partial charge is 0.255 e. The van der Waals surface area contributed by atoms with Crippen LogP contribution in [0.1, 0.15) is 15.9 Å². The van der Waals surface area contributed by atoms with Crippen molar-refractivity contribution in [3.63, 3.8) is 0 Å². The summed E-state index contributed by atoms with van der Waals surface area (Å²) in [6.07, 6.45) is 1.64. The third-order valence-electron chi connectivity index (χ3n) is 5.06. The molecule has 4 rings (SSSR count). The first-order chi connectivity index (χ1) is 14.1. The van der Waals surface area contributed by atoms with Gasteiger partial charge in [-0.2, -0.15) is 0 Å². The highest BCUT2D eigenvalue weighted by molar-refractivity contribution is 6.04. The van der Waals surface area contributed by atoms with E-state index in [9.17, 15) is 9.18 Å². The number of nitrogens with one attached hydrogen (secondary N) is 1. The average molecular weight is 390 g/mol. The van der Waals surface area contributed by atoms with Crippen LogP contribution in [0.3, 0.4) is 0 Å². The summed E-state index contributed by atoms with van der Waals surface area (Å²) in [6.45, 7) is 5.55. The van der Waals surface area contributed by atoms with E-state index in [-0.39, 0.29) is 11.7 Å². The molecule has 2 heterocycles. The second-order valence-corrected chi connectivity index (χ2v) is 7.18. The molecule has 0 spiro atoms. The number of carbonyl (C=O) groups excluding carboxylic acids is 1. The molecule has 3 aromatic rings. The maximum Gasteiger partial charge on any atom is 0.255 e. The number of nitrogens with zero attached hydrogens (tertiary/aromatic N) is 3. The molecule has 29 heavy (non-hydrogen) atoms. The normalized spacial score (nSPS) is 14.0. The lowest BCUT2D eigenvalue weighted by Gasteiger charge is -2.37. The fourth-order valence-corrected chi connectivity index (χ4v) is 3.52. The van der Waals surface area contributed by atoms with E-state index in [1.165, 1.54) is 23.4 Å². The molecule has 148 valence electrons. The maximum absolute atomic E-state index is 13.3. The first-order valence-electron chi connectivity index (χ1n) is 9.68. The molecule has 0 atom stereocenters. The van der Waals surface area contributed by atoms with Gasteiger partial charge in [0.25, 0.3) is 5.91 Å². The van der Waals surface area contributed by atoms with Crippen LogP contribution in [0.15, 0.2) is 66.9 Å². The van der Waals surface area contributed by atoms with E-state index in [2.05, 4.69) is 51.3 Å². The van der Waals surface area contributed by atoms with Gasteiger partial charge in [-0.3, -0.25) is 4.79 Å². The third-order valence-corrected chi connectivity index (χ3v) is 5.06. The Morgan fingerprint density at radius 1 is 0.966 bits per heavy atom. The van der Waals surface area contributed by atoms with Crippen LogP contribution in [0, 0.1) is 12.7 Å². The van der Waals surface area contributed by atoms with Gasteiger partial charge in [0, 0.05) is 49.3 Å². The number of hydrogen-bond donors (Lipinski definition) is 1. The van der Waals surface area contributed by atoms with Crippen molar-refractivity contribution in [2.75, 3.05) is 41.3 Å². The number of rotatable bonds is 4. The number of aromatic nitrogens is 1. The highest BCUT2D eigenvalue weighted by atomic mass is 19.1. The Morgan fingerprint density at radius 2 is 1.72 bits per heavy atom. The Labute approximate surface area is 169 Å². The second kappa shape index (κ2) is 8.31. The lowest BCUT2D eigenvalue weighted by Crippen LogP contribution is -2.46. The minimum absolute atomic E-state index is 0.280. The van der Waals surface area contributed by atoms with Crippen LogP contribution in [0.5, 0.6) is 0 Å². The predicted octanol–water partition coefficient (Wildman–Crippen LogP) is 4.11. The van der Waals surface area contributed by atoms with Crippen molar-refractivity contribution in [2.24, 2.45) is 0 Å². The summed E-state index contributed by atoms with van der Waals surface area (Å²) in [5.74, 6) is 0.114. The molecular formula is C23H23FN4O. The van der Waals surface area contributed by atoms with Gasteiger partial charge in [0.2, 0.25) is 0 Å². The number of aryl methyl sites for hydroxylation is 1. The number of hydrogen-bond acceptors (Lipinski definition) is 4. The predicted molar refractivity (Wildman–Crippen MR) is 114 cm³/mol. The first kappa shape index (κ1) is 18.9. The molecule has 1 fully saturated rings. The summed E-state index contributed by atoms with van der Waals surface area (Å²) in [5, 5.41) is 2.73. The minimum atomic E-state index is -0.385. The van der Waals surface area contributed by atoms with Crippen molar-refractivity contribution in [2.45, 2.75) is 6.92 Å². The van der Waals surface area contributed by atoms with Gasteiger partial charge in [-0.15, -0.1) is 0 Å². The number of piperazine rings is 1. The molecule has 2 aromatic carbocycles. The van der Waals surface area contributed by atoms with Crippen molar-refractivity contribution < 1.29 is 9.18 Å². The van der Waals surface area contributed by atoms with Gasteiger partial charge in [-0.25, -0.2) is 9.37 Å². The molecule has 0 aliphatic carbocycles. The molecule has 1 aliphatic rings. The number of pyridine rings is 1. The molecule has 0 unspecified atom stereocenters.